The maximum Gasteiger partial charge on any atom is 0.414 e. The van der Waals surface area contributed by atoms with E-state index in [9.17, 15) is 27.6 Å². The van der Waals surface area contributed by atoms with Crippen LogP contribution in [-0.2, 0) is 20.7 Å². The summed E-state index contributed by atoms with van der Waals surface area (Å²) in [5, 5.41) is 2.49. The van der Waals surface area contributed by atoms with E-state index in [1.807, 2.05) is 0 Å². The molecule has 4 heterocycles. The molecule has 46 heavy (non-hydrogen) atoms. The Kier molecular flexibility index (Phi) is 9.83. The third-order valence-corrected chi connectivity index (χ3v) is 7.12. The van der Waals surface area contributed by atoms with Crippen molar-refractivity contribution in [2.75, 3.05) is 23.3 Å². The van der Waals surface area contributed by atoms with Crippen molar-refractivity contribution in [3.05, 3.63) is 54.0 Å². The summed E-state index contributed by atoms with van der Waals surface area (Å²) in [6, 6.07) is 3.16. The number of aromatic nitrogens is 2. The van der Waals surface area contributed by atoms with Gasteiger partial charge in [0.15, 0.2) is 11.4 Å². The molecule has 0 saturated carbocycles. The van der Waals surface area contributed by atoms with Gasteiger partial charge in [-0.1, -0.05) is 12.7 Å². The first-order valence-electron chi connectivity index (χ1n) is 14.9. The summed E-state index contributed by atoms with van der Waals surface area (Å²) in [7, 11) is 0. The van der Waals surface area contributed by atoms with Crippen LogP contribution in [0.3, 0.4) is 0 Å². The highest BCUT2D eigenvalue weighted by Gasteiger charge is 2.45. The number of ether oxygens (including phenoxy) is 2. The minimum Gasteiger partial charge on any atom is -0.460 e. The number of amides is 1. The number of carbonyl (C=O) groups excluding carboxylic acids is 3. The van der Waals surface area contributed by atoms with E-state index in [4.69, 9.17) is 13.9 Å². The lowest BCUT2D eigenvalue weighted by molar-refractivity contribution is -0.181. The lowest BCUT2D eigenvalue weighted by atomic mass is 9.86. The number of esters is 1. The molecule has 0 bridgehead atoms. The number of Topliss-reactive ketones (excluding diaryl/α,β-unsaturated/α-hetero) is 1. The van der Waals surface area contributed by atoms with Crippen LogP contribution >= 0.6 is 0 Å². The second-order valence-corrected chi connectivity index (χ2v) is 13.4. The molecule has 248 valence electrons. The Morgan fingerprint density at radius 1 is 1.09 bits per heavy atom. The van der Waals surface area contributed by atoms with E-state index in [1.165, 1.54) is 18.6 Å². The molecule has 10 nitrogen and oxygen atoms in total. The number of nitrogens with one attached hydrogen (secondary N) is 1. The number of halogens is 3. The molecule has 0 aromatic carbocycles. The summed E-state index contributed by atoms with van der Waals surface area (Å²) < 4.78 is 58.8. The zero-order valence-corrected chi connectivity index (χ0v) is 26.8. The normalized spacial score (nSPS) is 17.5. The molecule has 1 aliphatic rings. The number of fused-ring (bicyclic) bond motifs is 1. The van der Waals surface area contributed by atoms with Gasteiger partial charge < -0.3 is 18.8 Å². The van der Waals surface area contributed by atoms with E-state index in [1.54, 1.807) is 64.7 Å². The molecule has 3 aromatic heterocycles. The van der Waals surface area contributed by atoms with Crippen molar-refractivity contribution in [2.45, 2.75) is 78.2 Å². The van der Waals surface area contributed by atoms with Crippen molar-refractivity contribution in [1.82, 2.24) is 9.97 Å². The third-order valence-electron chi connectivity index (χ3n) is 7.12. The molecule has 1 aliphatic heterocycles. The number of carbonyl (C=O) groups is 3. The number of nitrogens with zero attached hydrogens (tertiary/aromatic N) is 3. The highest BCUT2D eigenvalue weighted by atomic mass is 19.4. The van der Waals surface area contributed by atoms with Gasteiger partial charge in [0.2, 0.25) is 5.88 Å². The number of hydrogen-bond acceptors (Lipinski definition) is 9. The smallest absolute Gasteiger partial charge is 0.414 e. The molecule has 0 unspecified atom stereocenters. The Bertz CT molecular complexity index is 1620. The van der Waals surface area contributed by atoms with Crippen LogP contribution in [0.25, 0.3) is 17.2 Å². The monoisotopic (exact) mass is 644 g/mol. The van der Waals surface area contributed by atoms with Gasteiger partial charge in [0.1, 0.15) is 22.3 Å². The average Bonchev–Trinajstić information content (AvgIpc) is 3.27. The summed E-state index contributed by atoms with van der Waals surface area (Å²) in [4.78, 5) is 49.2. The quantitative estimate of drug-likeness (QED) is 0.198. The molecule has 4 rings (SSSR count). The summed E-state index contributed by atoms with van der Waals surface area (Å²) in [6.07, 6.45) is -0.168. The van der Waals surface area contributed by atoms with Gasteiger partial charge in [0.25, 0.3) is 0 Å². The molecule has 13 heteroatoms. The number of hydrogen-bond donors (Lipinski definition) is 1. The van der Waals surface area contributed by atoms with Crippen molar-refractivity contribution >= 4 is 46.6 Å². The number of alkyl halides is 3. The molecule has 1 amide bonds. The van der Waals surface area contributed by atoms with Gasteiger partial charge in [-0.3, -0.25) is 24.9 Å². The van der Waals surface area contributed by atoms with Gasteiger partial charge in [-0.15, -0.1) is 0 Å². The molecule has 0 aliphatic carbocycles. The minimum atomic E-state index is -4.50. The van der Waals surface area contributed by atoms with Crippen molar-refractivity contribution in [3.63, 3.8) is 0 Å². The highest BCUT2D eigenvalue weighted by molar-refractivity contribution is 6.12. The molecule has 1 N–H and O–H groups in total. The third kappa shape index (κ3) is 8.85. The van der Waals surface area contributed by atoms with Crippen molar-refractivity contribution in [1.29, 1.82) is 0 Å². The summed E-state index contributed by atoms with van der Waals surface area (Å²) in [6.45, 7) is 13.6. The first-order chi connectivity index (χ1) is 21.3. The second kappa shape index (κ2) is 13.1. The Morgan fingerprint density at radius 3 is 2.41 bits per heavy atom. The summed E-state index contributed by atoms with van der Waals surface area (Å²) in [5.74, 6) is -3.61. The average molecular weight is 645 g/mol. The minimum absolute atomic E-state index is 0.0270. The van der Waals surface area contributed by atoms with E-state index in [0.717, 1.165) is 0 Å². The molecule has 2 atom stereocenters. The van der Waals surface area contributed by atoms with E-state index >= 15 is 0 Å². The SMILES string of the molecule is C=Cc1cnc2c(C(=O)Cc3cnccc3N3C[C@@H](CC(=O)OC(C)(C)C)C[C@@H](C(F)(F)F)C3)c(NC(=O)OC(C)(C)C)oc2c1. The van der Waals surface area contributed by atoms with Gasteiger partial charge in [-0.2, -0.15) is 13.2 Å². The topological polar surface area (TPSA) is 124 Å². The summed E-state index contributed by atoms with van der Waals surface area (Å²) in [5.41, 5.74) is 0.110. The lowest BCUT2D eigenvalue weighted by Crippen LogP contribution is -2.47. The molecule has 0 radical (unpaired) electrons. The number of rotatable bonds is 8. The van der Waals surface area contributed by atoms with Gasteiger partial charge in [0, 0.05) is 49.4 Å². The van der Waals surface area contributed by atoms with Crippen LogP contribution in [0.4, 0.5) is 29.5 Å². The number of furan rings is 1. The van der Waals surface area contributed by atoms with Crippen LogP contribution in [0, 0.1) is 11.8 Å². The number of piperidine rings is 1. The Labute approximate surface area is 265 Å². The largest absolute Gasteiger partial charge is 0.460 e. The Morgan fingerprint density at radius 2 is 1.78 bits per heavy atom. The van der Waals surface area contributed by atoms with E-state index in [2.05, 4.69) is 21.9 Å². The van der Waals surface area contributed by atoms with E-state index in [0.29, 0.717) is 16.8 Å². The van der Waals surface area contributed by atoms with Crippen LogP contribution in [0.1, 0.15) is 75.9 Å². The Hall–Kier alpha value is -4.42. The van der Waals surface area contributed by atoms with Crippen LogP contribution in [0.2, 0.25) is 0 Å². The van der Waals surface area contributed by atoms with Gasteiger partial charge in [0.05, 0.1) is 12.3 Å². The van der Waals surface area contributed by atoms with Crippen LogP contribution in [0.5, 0.6) is 0 Å². The van der Waals surface area contributed by atoms with Crippen molar-refractivity contribution in [2.24, 2.45) is 11.8 Å². The molecule has 3 aromatic rings. The van der Waals surface area contributed by atoms with E-state index in [-0.39, 0.29) is 54.9 Å². The van der Waals surface area contributed by atoms with Gasteiger partial charge in [-0.05, 0) is 71.6 Å². The zero-order valence-electron chi connectivity index (χ0n) is 26.8. The Balaban J connectivity index is 1.66. The van der Waals surface area contributed by atoms with E-state index < -0.39 is 47.1 Å². The fourth-order valence-electron chi connectivity index (χ4n) is 5.38. The molecular weight excluding hydrogens is 605 g/mol. The molecular formula is C33H39F3N4O6. The second-order valence-electron chi connectivity index (χ2n) is 13.4. The first kappa shape index (κ1) is 34.5. The predicted octanol–water partition coefficient (Wildman–Crippen LogP) is 7.37. The number of pyridine rings is 2. The fourth-order valence-corrected chi connectivity index (χ4v) is 5.38. The fraction of sp³-hybridized carbons (Fsp3) is 0.485. The van der Waals surface area contributed by atoms with Gasteiger partial charge >= 0.3 is 18.2 Å². The van der Waals surface area contributed by atoms with Crippen LogP contribution < -0.4 is 10.2 Å². The molecule has 0 spiro atoms. The number of anilines is 2. The lowest BCUT2D eigenvalue weighted by Gasteiger charge is -2.40. The summed E-state index contributed by atoms with van der Waals surface area (Å²) >= 11 is 0. The predicted molar refractivity (Wildman–Crippen MR) is 167 cm³/mol. The molecule has 1 fully saturated rings. The molecule has 1 saturated heterocycles. The van der Waals surface area contributed by atoms with Crippen LogP contribution in [0.15, 0.2) is 41.7 Å². The standard InChI is InChI=1S/C33H39F3N4O6/c1-8-19-12-25-28(38-15-19)27(29(44-25)39-30(43)46-32(5,6)7)24(41)14-21-16-37-10-9-23(21)40-17-20(11-22(18-40)33(34,35)36)13-26(42)45-31(2,3)4/h8-10,12,15-16,20,22H,1,11,13-14,17-18H2,2-7H3,(H,39,43)/t20-,22-/m1/s1. The maximum absolute atomic E-state index is 14.1. The highest BCUT2D eigenvalue weighted by Crippen LogP contribution is 2.39. The van der Waals surface area contributed by atoms with Gasteiger partial charge in [-0.25, -0.2) is 4.79 Å². The first-order valence-corrected chi connectivity index (χ1v) is 14.9. The van der Waals surface area contributed by atoms with Crippen molar-refractivity contribution < 1.29 is 41.4 Å². The van der Waals surface area contributed by atoms with Crippen molar-refractivity contribution in [3.8, 4) is 0 Å². The zero-order chi connectivity index (χ0) is 34.0. The van der Waals surface area contributed by atoms with Crippen LogP contribution in [-0.4, -0.2) is 58.3 Å². The maximum atomic E-state index is 14.1. The number of ketones is 1.